The first-order valence-corrected chi connectivity index (χ1v) is 15.6. The zero-order chi connectivity index (χ0) is 32.0. The number of allylic oxidation sites excluding steroid dienone is 4. The minimum Gasteiger partial charge on any atom is -0.239 e. The van der Waals surface area contributed by atoms with Gasteiger partial charge in [-0.05, 0) is 87.1 Å². The second kappa shape index (κ2) is 11.5. The van der Waals surface area contributed by atoms with Crippen LogP contribution in [0.5, 0.6) is 0 Å². The molecule has 1 heterocycles. The van der Waals surface area contributed by atoms with Crippen molar-refractivity contribution in [2.45, 2.75) is 19.0 Å². The number of rotatable bonds is 5. The molecule has 7 aromatic rings. The Balaban J connectivity index is 1.13. The predicted molar refractivity (Wildman–Crippen MR) is 188 cm³/mol. The van der Waals surface area contributed by atoms with E-state index in [1.807, 2.05) is 12.1 Å². The van der Waals surface area contributed by atoms with E-state index in [4.69, 9.17) is 9.97 Å². The molecule has 3 nitrogen and oxygen atoms in total. The predicted octanol–water partition coefficient (Wildman–Crippen LogP) is 11.1. The van der Waals surface area contributed by atoms with Gasteiger partial charge in [-0.2, -0.15) is 0 Å². The van der Waals surface area contributed by atoms with Crippen LogP contribution in [0.25, 0.3) is 72.1 Å². The third-order valence-electron chi connectivity index (χ3n) is 8.77. The van der Waals surface area contributed by atoms with E-state index >= 15 is 0 Å². The van der Waals surface area contributed by atoms with Gasteiger partial charge in [-0.1, -0.05) is 109 Å². The summed E-state index contributed by atoms with van der Waals surface area (Å²) in [6.07, 6.45) is 5.29. The van der Waals surface area contributed by atoms with E-state index in [2.05, 4.69) is 96.0 Å². The average molecular weight is 614 g/mol. The molecule has 1 aliphatic rings. The SMILES string of the molecule is CC1(F)C=CC(c2nc(-c3ccc(F)cc3)nc(-c3ccc(-c4ccc(-c5cc6ccccc6c6ccccc56)cc4)cc3)n2)=CC1. The number of aromatic nitrogens is 3. The van der Waals surface area contributed by atoms with Gasteiger partial charge in [0.15, 0.2) is 17.5 Å². The molecule has 226 valence electrons. The monoisotopic (exact) mass is 613 g/mol. The van der Waals surface area contributed by atoms with Crippen LogP contribution in [0.4, 0.5) is 8.78 Å². The Morgan fingerprint density at radius 3 is 1.68 bits per heavy atom. The maximum Gasteiger partial charge on any atom is 0.164 e. The van der Waals surface area contributed by atoms with Gasteiger partial charge in [0, 0.05) is 23.1 Å². The Labute approximate surface area is 271 Å². The quantitative estimate of drug-likeness (QED) is 0.181. The van der Waals surface area contributed by atoms with Gasteiger partial charge in [0.2, 0.25) is 0 Å². The molecular formula is C42H29F2N3. The Morgan fingerprint density at radius 2 is 1.06 bits per heavy atom. The summed E-state index contributed by atoms with van der Waals surface area (Å²) in [6.45, 7) is 1.54. The van der Waals surface area contributed by atoms with Crippen molar-refractivity contribution < 1.29 is 8.78 Å². The number of hydrogen-bond donors (Lipinski definition) is 0. The van der Waals surface area contributed by atoms with E-state index in [1.54, 1.807) is 31.2 Å². The molecule has 1 atom stereocenters. The van der Waals surface area contributed by atoms with Crippen LogP contribution in [-0.2, 0) is 0 Å². The van der Waals surface area contributed by atoms with E-state index in [1.165, 1.54) is 45.3 Å². The highest BCUT2D eigenvalue weighted by atomic mass is 19.1. The standard InChI is InChI=1S/C42H29F2N3/c1-42(44)24-22-32(23-25-42)41-46-39(45-40(47-41)31-18-20-34(43)21-19-31)30-16-12-28(13-17-30)27-10-14-29(15-11-27)38-26-33-6-2-3-7-35(33)36-8-4-5-9-37(36)38/h2-24,26H,25H2,1H3. The van der Waals surface area contributed by atoms with Gasteiger partial charge in [0.1, 0.15) is 11.5 Å². The highest BCUT2D eigenvalue weighted by molar-refractivity contribution is 6.13. The summed E-state index contributed by atoms with van der Waals surface area (Å²) in [5.74, 6) is 1.02. The lowest BCUT2D eigenvalue weighted by molar-refractivity contribution is 0.260. The normalized spacial score (nSPS) is 16.0. The van der Waals surface area contributed by atoms with Crippen LogP contribution in [0.3, 0.4) is 0 Å². The molecule has 0 bridgehead atoms. The van der Waals surface area contributed by atoms with Crippen LogP contribution in [-0.4, -0.2) is 20.6 Å². The number of fused-ring (bicyclic) bond motifs is 3. The van der Waals surface area contributed by atoms with Crippen molar-refractivity contribution in [2.75, 3.05) is 0 Å². The van der Waals surface area contributed by atoms with Crippen molar-refractivity contribution >= 4 is 27.1 Å². The molecule has 1 aliphatic carbocycles. The Bertz CT molecular complexity index is 2340. The van der Waals surface area contributed by atoms with Gasteiger partial charge >= 0.3 is 0 Å². The summed E-state index contributed by atoms with van der Waals surface area (Å²) in [6, 6.07) is 42.2. The number of benzene rings is 6. The van der Waals surface area contributed by atoms with Crippen molar-refractivity contribution in [3.05, 3.63) is 157 Å². The molecule has 47 heavy (non-hydrogen) atoms. The topological polar surface area (TPSA) is 38.7 Å². The number of nitrogens with zero attached hydrogens (tertiary/aromatic N) is 3. The molecule has 0 N–H and O–H groups in total. The molecule has 1 unspecified atom stereocenters. The third kappa shape index (κ3) is 5.61. The smallest absolute Gasteiger partial charge is 0.164 e. The van der Waals surface area contributed by atoms with E-state index in [-0.39, 0.29) is 12.2 Å². The van der Waals surface area contributed by atoms with Gasteiger partial charge in [-0.3, -0.25) is 0 Å². The first-order chi connectivity index (χ1) is 22.9. The Hall–Kier alpha value is -5.81. The van der Waals surface area contributed by atoms with Crippen LogP contribution in [0.1, 0.15) is 19.2 Å². The van der Waals surface area contributed by atoms with Crippen LogP contribution >= 0.6 is 0 Å². The first-order valence-electron chi connectivity index (χ1n) is 15.6. The second-order valence-electron chi connectivity index (χ2n) is 12.1. The van der Waals surface area contributed by atoms with E-state index < -0.39 is 5.67 Å². The molecule has 0 spiro atoms. The minimum absolute atomic E-state index is 0.232. The molecule has 0 saturated carbocycles. The summed E-state index contributed by atoms with van der Waals surface area (Å²) in [4.78, 5) is 14.2. The highest BCUT2D eigenvalue weighted by Gasteiger charge is 2.23. The maximum atomic E-state index is 14.5. The molecular weight excluding hydrogens is 584 g/mol. The second-order valence-corrected chi connectivity index (χ2v) is 12.1. The van der Waals surface area contributed by atoms with Crippen molar-refractivity contribution in [3.8, 4) is 45.0 Å². The maximum absolute atomic E-state index is 14.5. The first kappa shape index (κ1) is 28.6. The van der Waals surface area contributed by atoms with Crippen molar-refractivity contribution in [3.63, 3.8) is 0 Å². The van der Waals surface area contributed by atoms with Gasteiger partial charge < -0.3 is 0 Å². The van der Waals surface area contributed by atoms with E-state index in [0.29, 0.717) is 23.0 Å². The number of hydrogen-bond acceptors (Lipinski definition) is 3. The molecule has 6 aromatic carbocycles. The lowest BCUT2D eigenvalue weighted by Gasteiger charge is -2.18. The molecule has 1 aromatic heterocycles. The molecule has 8 rings (SSSR count). The molecule has 0 aliphatic heterocycles. The van der Waals surface area contributed by atoms with Gasteiger partial charge in [0.05, 0.1) is 0 Å². The van der Waals surface area contributed by atoms with Crippen LogP contribution < -0.4 is 0 Å². The minimum atomic E-state index is -1.41. The van der Waals surface area contributed by atoms with Crippen LogP contribution in [0, 0.1) is 5.82 Å². The van der Waals surface area contributed by atoms with E-state index in [9.17, 15) is 8.78 Å². The molecule has 0 radical (unpaired) electrons. The highest BCUT2D eigenvalue weighted by Crippen LogP contribution is 2.36. The third-order valence-corrected chi connectivity index (χ3v) is 8.77. The Morgan fingerprint density at radius 1 is 0.553 bits per heavy atom. The number of halogens is 2. The van der Waals surface area contributed by atoms with Gasteiger partial charge in [-0.25, -0.2) is 23.7 Å². The van der Waals surface area contributed by atoms with Crippen molar-refractivity contribution in [1.82, 2.24) is 15.0 Å². The summed E-state index contributed by atoms with van der Waals surface area (Å²) in [5, 5.41) is 4.97. The number of alkyl halides is 1. The largest absolute Gasteiger partial charge is 0.239 e. The zero-order valence-corrected chi connectivity index (χ0v) is 25.7. The average Bonchev–Trinajstić information content (AvgIpc) is 3.11. The summed E-state index contributed by atoms with van der Waals surface area (Å²) in [7, 11) is 0. The summed E-state index contributed by atoms with van der Waals surface area (Å²) < 4.78 is 28.2. The lowest BCUT2D eigenvalue weighted by atomic mass is 9.92. The van der Waals surface area contributed by atoms with E-state index in [0.717, 1.165) is 27.8 Å². The fourth-order valence-corrected chi connectivity index (χ4v) is 6.18. The fourth-order valence-electron chi connectivity index (χ4n) is 6.18. The summed E-state index contributed by atoms with van der Waals surface area (Å²) in [5.41, 5.74) is 5.34. The lowest BCUT2D eigenvalue weighted by Crippen LogP contribution is -2.15. The van der Waals surface area contributed by atoms with Crippen LogP contribution in [0.2, 0.25) is 0 Å². The molecule has 5 heteroatoms. The van der Waals surface area contributed by atoms with Crippen molar-refractivity contribution in [1.29, 1.82) is 0 Å². The zero-order valence-electron chi connectivity index (χ0n) is 25.7. The van der Waals surface area contributed by atoms with Crippen LogP contribution in [0.15, 0.2) is 146 Å². The Kier molecular flexibility index (Phi) is 7.02. The molecule has 0 fully saturated rings. The molecule has 0 amide bonds. The fraction of sp³-hybridized carbons (Fsp3) is 0.0714. The molecule has 0 saturated heterocycles. The van der Waals surface area contributed by atoms with Gasteiger partial charge in [-0.15, -0.1) is 0 Å². The van der Waals surface area contributed by atoms with Gasteiger partial charge in [0.25, 0.3) is 0 Å². The summed E-state index contributed by atoms with van der Waals surface area (Å²) >= 11 is 0. The van der Waals surface area contributed by atoms with Crippen molar-refractivity contribution in [2.24, 2.45) is 0 Å².